The molecule has 0 radical (unpaired) electrons. The standard InChI is InChI=1S/C22H25N3O5/c26-20(15-4-1-11-25(14-15)22(28)19-6-3-13-30-19)23-16-7-9-17(10-8-16)24-21(27)18-5-2-12-29-18/h3,6-10,13,15,18H,1-2,4-5,11-12,14H2,(H,23,26)(H,24,27). The van der Waals surface area contributed by atoms with E-state index in [1.54, 1.807) is 41.3 Å². The highest BCUT2D eigenvalue weighted by Crippen LogP contribution is 2.22. The summed E-state index contributed by atoms with van der Waals surface area (Å²) in [5.74, 6) is -0.451. The van der Waals surface area contributed by atoms with Crippen LogP contribution in [0.1, 0.15) is 36.2 Å². The van der Waals surface area contributed by atoms with E-state index in [9.17, 15) is 14.4 Å². The van der Waals surface area contributed by atoms with Gasteiger partial charge in [0.15, 0.2) is 5.76 Å². The Morgan fingerprint density at radius 1 is 0.933 bits per heavy atom. The van der Waals surface area contributed by atoms with Gasteiger partial charge in [-0.3, -0.25) is 14.4 Å². The molecule has 2 saturated heterocycles. The fourth-order valence-corrected chi connectivity index (χ4v) is 3.82. The minimum absolute atomic E-state index is 0.122. The number of carbonyl (C=O) groups excluding carboxylic acids is 3. The summed E-state index contributed by atoms with van der Waals surface area (Å²) in [6, 6.07) is 10.3. The number of nitrogens with one attached hydrogen (secondary N) is 2. The average molecular weight is 411 g/mol. The van der Waals surface area contributed by atoms with Crippen LogP contribution in [0.2, 0.25) is 0 Å². The number of likely N-dealkylation sites (tertiary alicyclic amines) is 1. The number of carbonyl (C=O) groups is 3. The first-order valence-corrected chi connectivity index (χ1v) is 10.3. The van der Waals surface area contributed by atoms with Gasteiger partial charge in [-0.2, -0.15) is 0 Å². The van der Waals surface area contributed by atoms with Crippen LogP contribution >= 0.6 is 0 Å². The molecule has 2 aliphatic rings. The van der Waals surface area contributed by atoms with Crippen molar-refractivity contribution in [3.63, 3.8) is 0 Å². The Labute approximate surface area is 174 Å². The molecular formula is C22H25N3O5. The number of ether oxygens (including phenoxy) is 1. The Morgan fingerprint density at radius 2 is 1.67 bits per heavy atom. The number of piperidine rings is 1. The Balaban J connectivity index is 1.30. The van der Waals surface area contributed by atoms with E-state index in [2.05, 4.69) is 10.6 Å². The van der Waals surface area contributed by atoms with Crippen molar-refractivity contribution >= 4 is 29.1 Å². The van der Waals surface area contributed by atoms with Crippen molar-refractivity contribution in [2.75, 3.05) is 30.3 Å². The quantitative estimate of drug-likeness (QED) is 0.788. The zero-order valence-electron chi connectivity index (χ0n) is 16.6. The highest BCUT2D eigenvalue weighted by atomic mass is 16.5. The van der Waals surface area contributed by atoms with Crippen LogP contribution in [-0.2, 0) is 14.3 Å². The minimum atomic E-state index is -0.387. The minimum Gasteiger partial charge on any atom is -0.459 e. The van der Waals surface area contributed by atoms with Gasteiger partial charge < -0.3 is 24.7 Å². The Kier molecular flexibility index (Phi) is 6.13. The molecule has 3 heterocycles. The zero-order chi connectivity index (χ0) is 20.9. The van der Waals surface area contributed by atoms with E-state index in [0.29, 0.717) is 31.1 Å². The second-order valence-electron chi connectivity index (χ2n) is 7.63. The first-order valence-electron chi connectivity index (χ1n) is 10.3. The molecule has 4 rings (SSSR count). The van der Waals surface area contributed by atoms with Crippen molar-refractivity contribution < 1.29 is 23.5 Å². The third kappa shape index (κ3) is 4.71. The van der Waals surface area contributed by atoms with Crippen molar-refractivity contribution in [1.82, 2.24) is 4.90 Å². The number of nitrogens with zero attached hydrogens (tertiary/aromatic N) is 1. The second-order valence-corrected chi connectivity index (χ2v) is 7.63. The summed E-state index contributed by atoms with van der Waals surface area (Å²) >= 11 is 0. The van der Waals surface area contributed by atoms with Gasteiger partial charge in [-0.25, -0.2) is 0 Å². The normalized spacial score (nSPS) is 21.3. The van der Waals surface area contributed by atoms with Gasteiger partial charge in [-0.15, -0.1) is 0 Å². The zero-order valence-corrected chi connectivity index (χ0v) is 16.6. The fourth-order valence-electron chi connectivity index (χ4n) is 3.82. The van der Waals surface area contributed by atoms with Crippen LogP contribution in [0.4, 0.5) is 11.4 Å². The van der Waals surface area contributed by atoms with Gasteiger partial charge in [0.2, 0.25) is 5.91 Å². The third-order valence-electron chi connectivity index (χ3n) is 5.45. The smallest absolute Gasteiger partial charge is 0.289 e. The Hall–Kier alpha value is -3.13. The van der Waals surface area contributed by atoms with Gasteiger partial charge >= 0.3 is 0 Å². The Bertz CT molecular complexity index is 888. The SMILES string of the molecule is O=C(Nc1ccc(NC(=O)C2CCCO2)cc1)C1CCCN(C(=O)c2ccco2)C1. The number of benzene rings is 1. The van der Waals surface area contributed by atoms with Gasteiger partial charge in [0.05, 0.1) is 12.2 Å². The van der Waals surface area contributed by atoms with E-state index in [4.69, 9.17) is 9.15 Å². The van der Waals surface area contributed by atoms with Crippen molar-refractivity contribution in [2.24, 2.45) is 5.92 Å². The van der Waals surface area contributed by atoms with Crippen molar-refractivity contribution in [3.8, 4) is 0 Å². The van der Waals surface area contributed by atoms with Crippen LogP contribution in [0.3, 0.4) is 0 Å². The number of hydrogen-bond donors (Lipinski definition) is 2. The van der Waals surface area contributed by atoms with Crippen molar-refractivity contribution in [1.29, 1.82) is 0 Å². The molecule has 0 aliphatic carbocycles. The van der Waals surface area contributed by atoms with E-state index in [1.807, 2.05) is 0 Å². The summed E-state index contributed by atoms with van der Waals surface area (Å²) in [6.07, 6.45) is 4.20. The maximum Gasteiger partial charge on any atom is 0.289 e. The number of hydrogen-bond acceptors (Lipinski definition) is 5. The molecule has 30 heavy (non-hydrogen) atoms. The molecule has 1 aromatic heterocycles. The van der Waals surface area contributed by atoms with Gasteiger partial charge in [0.1, 0.15) is 6.10 Å². The predicted molar refractivity (Wildman–Crippen MR) is 110 cm³/mol. The van der Waals surface area contributed by atoms with Gasteiger partial charge in [-0.1, -0.05) is 0 Å². The lowest BCUT2D eigenvalue weighted by Gasteiger charge is -2.31. The topological polar surface area (TPSA) is 101 Å². The molecule has 158 valence electrons. The first kappa shape index (κ1) is 20.2. The highest BCUT2D eigenvalue weighted by molar-refractivity contribution is 5.96. The molecule has 1 aromatic carbocycles. The molecule has 3 amide bonds. The largest absolute Gasteiger partial charge is 0.459 e. The number of anilines is 2. The third-order valence-corrected chi connectivity index (χ3v) is 5.45. The molecule has 2 atom stereocenters. The number of furan rings is 1. The lowest BCUT2D eigenvalue weighted by molar-refractivity contribution is -0.124. The monoisotopic (exact) mass is 411 g/mol. The van der Waals surface area contributed by atoms with Crippen LogP contribution in [0.25, 0.3) is 0 Å². The van der Waals surface area contributed by atoms with Crippen molar-refractivity contribution in [2.45, 2.75) is 31.8 Å². The van der Waals surface area contributed by atoms with E-state index < -0.39 is 0 Å². The second kappa shape index (κ2) is 9.13. The summed E-state index contributed by atoms with van der Waals surface area (Å²) in [5.41, 5.74) is 1.30. The number of rotatable bonds is 5. The van der Waals surface area contributed by atoms with Crippen LogP contribution < -0.4 is 10.6 Å². The van der Waals surface area contributed by atoms with E-state index in [0.717, 1.165) is 25.7 Å². The highest BCUT2D eigenvalue weighted by Gasteiger charge is 2.30. The molecule has 0 spiro atoms. The van der Waals surface area contributed by atoms with Crippen LogP contribution in [0.15, 0.2) is 47.1 Å². The molecule has 0 saturated carbocycles. The molecule has 0 bridgehead atoms. The predicted octanol–water partition coefficient (Wildman–Crippen LogP) is 2.89. The molecule has 2 aliphatic heterocycles. The van der Waals surface area contributed by atoms with E-state index >= 15 is 0 Å². The molecule has 2 N–H and O–H groups in total. The van der Waals surface area contributed by atoms with E-state index in [-0.39, 0.29) is 35.5 Å². The van der Waals surface area contributed by atoms with Crippen LogP contribution in [-0.4, -0.2) is 48.4 Å². The maximum atomic E-state index is 12.7. The summed E-state index contributed by atoms with van der Waals surface area (Å²) in [6.45, 7) is 1.60. The number of amides is 3. The lowest BCUT2D eigenvalue weighted by atomic mass is 9.96. The van der Waals surface area contributed by atoms with E-state index in [1.165, 1.54) is 6.26 Å². The van der Waals surface area contributed by atoms with Gasteiger partial charge in [-0.05, 0) is 62.1 Å². The molecular weight excluding hydrogens is 386 g/mol. The molecule has 8 nitrogen and oxygen atoms in total. The molecule has 2 unspecified atom stereocenters. The van der Waals surface area contributed by atoms with Crippen LogP contribution in [0, 0.1) is 5.92 Å². The summed E-state index contributed by atoms with van der Waals surface area (Å²) in [4.78, 5) is 38.9. The molecule has 8 heteroatoms. The Morgan fingerprint density at radius 3 is 2.30 bits per heavy atom. The van der Waals surface area contributed by atoms with Gasteiger partial charge in [0, 0.05) is 31.1 Å². The lowest BCUT2D eigenvalue weighted by Crippen LogP contribution is -2.43. The molecule has 2 aromatic rings. The van der Waals surface area contributed by atoms with Gasteiger partial charge in [0.25, 0.3) is 11.8 Å². The maximum absolute atomic E-state index is 12.7. The van der Waals surface area contributed by atoms with Crippen LogP contribution in [0.5, 0.6) is 0 Å². The molecule has 2 fully saturated rings. The summed E-state index contributed by atoms with van der Waals surface area (Å²) < 4.78 is 10.6. The fraction of sp³-hybridized carbons (Fsp3) is 0.409. The van der Waals surface area contributed by atoms with Crippen molar-refractivity contribution in [3.05, 3.63) is 48.4 Å². The first-order chi connectivity index (χ1) is 14.6. The average Bonchev–Trinajstić information content (AvgIpc) is 3.49. The summed E-state index contributed by atoms with van der Waals surface area (Å²) in [5, 5.41) is 5.73. The summed E-state index contributed by atoms with van der Waals surface area (Å²) in [7, 11) is 0.